The summed E-state index contributed by atoms with van der Waals surface area (Å²) in [6.45, 7) is 8.24. The van der Waals surface area contributed by atoms with Gasteiger partial charge in [-0.05, 0) is 39.0 Å². The van der Waals surface area contributed by atoms with Gasteiger partial charge < -0.3 is 10.0 Å². The van der Waals surface area contributed by atoms with Crippen molar-refractivity contribution in [1.29, 1.82) is 0 Å². The Morgan fingerprint density at radius 1 is 1.32 bits per heavy atom. The fourth-order valence-electron chi connectivity index (χ4n) is 2.74. The summed E-state index contributed by atoms with van der Waals surface area (Å²) in [5, 5.41) is 14.9. The third-order valence-corrected chi connectivity index (χ3v) is 5.36. The molecule has 132 valence electrons. The van der Waals surface area contributed by atoms with Crippen LogP contribution in [0.4, 0.5) is 5.13 Å². The molecule has 0 unspecified atom stereocenters. The molecule has 8 heteroatoms. The highest BCUT2D eigenvalue weighted by molar-refractivity contribution is 7.22. The fourth-order valence-corrected chi connectivity index (χ4v) is 4.22. The van der Waals surface area contributed by atoms with Crippen LogP contribution in [0.5, 0.6) is 0 Å². The number of anilines is 1. The third kappa shape index (κ3) is 3.48. The third-order valence-electron chi connectivity index (χ3n) is 4.08. The first-order chi connectivity index (χ1) is 11.9. The van der Waals surface area contributed by atoms with Gasteiger partial charge in [0.1, 0.15) is 0 Å². The molecule has 2 heterocycles. The maximum Gasteiger partial charge on any atom is 0.356 e. The van der Waals surface area contributed by atoms with Gasteiger partial charge >= 0.3 is 5.97 Å². The number of hydrogen-bond acceptors (Lipinski definition) is 5. The van der Waals surface area contributed by atoms with Gasteiger partial charge in [0.2, 0.25) is 0 Å². The van der Waals surface area contributed by atoms with Crippen LogP contribution in [0.2, 0.25) is 5.02 Å². The molecule has 2 aromatic heterocycles. The van der Waals surface area contributed by atoms with Crippen molar-refractivity contribution in [3.05, 3.63) is 40.2 Å². The van der Waals surface area contributed by atoms with E-state index in [4.69, 9.17) is 21.7 Å². The van der Waals surface area contributed by atoms with Gasteiger partial charge in [-0.3, -0.25) is 4.68 Å². The SMILES string of the molecule is CCN(CC)c1nc2c(Cn3nc(C(=O)O)cc3C)cc(Cl)cc2s1. The number of hydrogen-bond donors (Lipinski definition) is 1. The maximum atomic E-state index is 11.1. The molecule has 0 atom stereocenters. The molecule has 6 nitrogen and oxygen atoms in total. The summed E-state index contributed by atoms with van der Waals surface area (Å²) in [6, 6.07) is 5.35. The molecule has 0 saturated carbocycles. The van der Waals surface area contributed by atoms with Crippen molar-refractivity contribution < 1.29 is 9.90 Å². The van der Waals surface area contributed by atoms with E-state index < -0.39 is 5.97 Å². The Hall–Kier alpha value is -2.12. The van der Waals surface area contributed by atoms with Crippen molar-refractivity contribution in [3.63, 3.8) is 0 Å². The number of halogens is 1. The number of nitrogens with zero attached hydrogens (tertiary/aromatic N) is 4. The Morgan fingerprint density at radius 3 is 2.64 bits per heavy atom. The van der Waals surface area contributed by atoms with Crippen molar-refractivity contribution in [2.45, 2.75) is 27.3 Å². The van der Waals surface area contributed by atoms with E-state index in [0.717, 1.165) is 39.7 Å². The van der Waals surface area contributed by atoms with E-state index in [1.807, 2.05) is 19.1 Å². The molecule has 0 fully saturated rings. The predicted molar refractivity (Wildman–Crippen MR) is 101 cm³/mol. The van der Waals surface area contributed by atoms with Crippen molar-refractivity contribution >= 4 is 44.3 Å². The zero-order valence-corrected chi connectivity index (χ0v) is 15.9. The molecule has 0 aliphatic heterocycles. The second-order valence-electron chi connectivity index (χ2n) is 5.71. The molecular weight excluding hydrogens is 360 g/mol. The Morgan fingerprint density at radius 2 is 2.04 bits per heavy atom. The van der Waals surface area contributed by atoms with Gasteiger partial charge in [-0.25, -0.2) is 9.78 Å². The molecule has 0 bridgehead atoms. The molecule has 0 aliphatic rings. The molecule has 0 aliphatic carbocycles. The van der Waals surface area contributed by atoms with Crippen molar-refractivity contribution in [2.75, 3.05) is 18.0 Å². The highest BCUT2D eigenvalue weighted by Crippen LogP contribution is 2.33. The summed E-state index contributed by atoms with van der Waals surface area (Å²) in [4.78, 5) is 18.1. The number of thiazole rings is 1. The lowest BCUT2D eigenvalue weighted by Crippen LogP contribution is -2.21. The van der Waals surface area contributed by atoms with Gasteiger partial charge in [-0.15, -0.1) is 0 Å². The first-order valence-corrected chi connectivity index (χ1v) is 9.24. The standard InChI is InChI=1S/C17H19ClN4O2S/c1-4-21(5-2)17-19-15-11(7-12(18)8-14(15)25-17)9-22-10(3)6-13(20-22)16(23)24/h6-8H,4-5,9H2,1-3H3,(H,23,24). The highest BCUT2D eigenvalue weighted by atomic mass is 35.5. The minimum atomic E-state index is -1.03. The Kier molecular flexibility index (Phi) is 4.96. The van der Waals surface area contributed by atoms with E-state index in [1.165, 1.54) is 0 Å². The largest absolute Gasteiger partial charge is 0.476 e. The summed E-state index contributed by atoms with van der Waals surface area (Å²) in [5.74, 6) is -1.03. The van der Waals surface area contributed by atoms with Gasteiger partial charge in [-0.2, -0.15) is 5.10 Å². The van der Waals surface area contributed by atoms with E-state index in [2.05, 4.69) is 23.8 Å². The number of benzene rings is 1. The zero-order valence-electron chi connectivity index (χ0n) is 14.3. The Balaban J connectivity index is 2.05. The van der Waals surface area contributed by atoms with E-state index in [1.54, 1.807) is 22.1 Å². The summed E-state index contributed by atoms with van der Waals surface area (Å²) in [5.41, 5.74) is 2.64. The van der Waals surface area contributed by atoms with E-state index >= 15 is 0 Å². The number of aromatic nitrogens is 3. The lowest BCUT2D eigenvalue weighted by Gasteiger charge is -2.16. The van der Waals surface area contributed by atoms with Crippen LogP contribution in [0, 0.1) is 6.92 Å². The average molecular weight is 379 g/mol. The number of carboxylic acids is 1. The Bertz CT molecular complexity index is 930. The van der Waals surface area contributed by atoms with Crippen molar-refractivity contribution in [2.24, 2.45) is 0 Å². The molecular formula is C17H19ClN4O2S. The Labute approximate surface area is 154 Å². The molecule has 1 N–H and O–H groups in total. The summed E-state index contributed by atoms with van der Waals surface area (Å²) in [7, 11) is 0. The zero-order chi connectivity index (χ0) is 18.1. The normalized spacial score (nSPS) is 11.2. The fraction of sp³-hybridized carbons (Fsp3) is 0.353. The van der Waals surface area contributed by atoms with Crippen LogP contribution in [0.3, 0.4) is 0 Å². The number of carboxylic acid groups (broad SMARTS) is 1. The van der Waals surface area contributed by atoms with Crippen LogP contribution in [-0.2, 0) is 6.54 Å². The topological polar surface area (TPSA) is 71.2 Å². The number of aryl methyl sites for hydroxylation is 1. The first kappa shape index (κ1) is 17.7. The van der Waals surface area contributed by atoms with Gasteiger partial charge in [0, 0.05) is 29.4 Å². The summed E-state index contributed by atoms with van der Waals surface area (Å²) < 4.78 is 2.69. The molecule has 0 spiro atoms. The van der Waals surface area contributed by atoms with E-state index in [9.17, 15) is 4.79 Å². The quantitative estimate of drug-likeness (QED) is 0.700. The van der Waals surface area contributed by atoms with Gasteiger partial charge in [0.25, 0.3) is 0 Å². The number of aromatic carboxylic acids is 1. The second kappa shape index (κ2) is 7.01. The van der Waals surface area contributed by atoms with Crippen molar-refractivity contribution in [3.8, 4) is 0 Å². The van der Waals surface area contributed by atoms with Gasteiger partial charge in [0.15, 0.2) is 10.8 Å². The molecule has 3 aromatic rings. The minimum Gasteiger partial charge on any atom is -0.476 e. The number of rotatable bonds is 6. The monoisotopic (exact) mass is 378 g/mol. The lowest BCUT2D eigenvalue weighted by atomic mass is 10.2. The molecule has 25 heavy (non-hydrogen) atoms. The van der Waals surface area contributed by atoms with Crippen molar-refractivity contribution in [1.82, 2.24) is 14.8 Å². The molecule has 3 rings (SSSR count). The molecule has 1 aromatic carbocycles. The van der Waals surface area contributed by atoms with Gasteiger partial charge in [0.05, 0.1) is 16.8 Å². The van der Waals surface area contributed by atoms with Crippen LogP contribution >= 0.6 is 22.9 Å². The number of fused-ring (bicyclic) bond motifs is 1. The smallest absolute Gasteiger partial charge is 0.356 e. The minimum absolute atomic E-state index is 0.0397. The lowest BCUT2D eigenvalue weighted by molar-refractivity contribution is 0.0689. The highest BCUT2D eigenvalue weighted by Gasteiger charge is 2.16. The van der Waals surface area contributed by atoms with E-state index in [0.29, 0.717) is 11.6 Å². The second-order valence-corrected chi connectivity index (χ2v) is 7.16. The van der Waals surface area contributed by atoms with Crippen LogP contribution in [0.25, 0.3) is 10.2 Å². The van der Waals surface area contributed by atoms with Crippen LogP contribution < -0.4 is 4.90 Å². The summed E-state index contributed by atoms with van der Waals surface area (Å²) >= 11 is 7.90. The molecule has 0 saturated heterocycles. The predicted octanol–water partition coefficient (Wildman–Crippen LogP) is 4.05. The van der Waals surface area contributed by atoms with Gasteiger partial charge in [-0.1, -0.05) is 22.9 Å². The van der Waals surface area contributed by atoms with E-state index in [-0.39, 0.29) is 5.69 Å². The van der Waals surface area contributed by atoms with Crippen LogP contribution in [0.15, 0.2) is 18.2 Å². The summed E-state index contributed by atoms with van der Waals surface area (Å²) in [6.07, 6.45) is 0. The maximum absolute atomic E-state index is 11.1. The molecule has 0 radical (unpaired) electrons. The van der Waals surface area contributed by atoms with Crippen LogP contribution in [0.1, 0.15) is 35.6 Å². The average Bonchev–Trinajstić information content (AvgIpc) is 3.13. The number of carbonyl (C=O) groups is 1. The molecule has 0 amide bonds. The van der Waals surface area contributed by atoms with Crippen LogP contribution in [-0.4, -0.2) is 38.9 Å². The first-order valence-electron chi connectivity index (χ1n) is 8.04.